The van der Waals surface area contributed by atoms with Gasteiger partial charge >= 0.3 is 0 Å². The Balaban J connectivity index is 1.61. The van der Waals surface area contributed by atoms with Gasteiger partial charge < -0.3 is 19.9 Å². The predicted octanol–water partition coefficient (Wildman–Crippen LogP) is 2.52. The minimum Gasteiger partial charge on any atom is -0.486 e. The van der Waals surface area contributed by atoms with Crippen LogP contribution in [0.3, 0.4) is 0 Å². The second kappa shape index (κ2) is 8.97. The highest BCUT2D eigenvalue weighted by Gasteiger charge is 2.29. The molecule has 0 radical (unpaired) electrons. The van der Waals surface area contributed by atoms with Gasteiger partial charge in [0.2, 0.25) is 5.91 Å². The van der Waals surface area contributed by atoms with Crippen molar-refractivity contribution in [3.05, 3.63) is 65.0 Å². The van der Waals surface area contributed by atoms with E-state index in [4.69, 9.17) is 14.6 Å². The molecule has 1 fully saturated rings. The van der Waals surface area contributed by atoms with Crippen LogP contribution in [0.1, 0.15) is 23.1 Å². The monoisotopic (exact) mass is 373 g/mol. The van der Waals surface area contributed by atoms with Gasteiger partial charge in [-0.1, -0.05) is 18.2 Å². The van der Waals surface area contributed by atoms with Crippen LogP contribution in [0.2, 0.25) is 0 Å². The maximum atomic E-state index is 13.2. The highest BCUT2D eigenvalue weighted by Crippen LogP contribution is 2.19. The van der Waals surface area contributed by atoms with Crippen molar-refractivity contribution >= 4 is 5.91 Å². The molecule has 1 aliphatic heterocycles. The number of halogens is 1. The van der Waals surface area contributed by atoms with Gasteiger partial charge in [-0.15, -0.1) is 0 Å². The van der Waals surface area contributed by atoms with E-state index in [2.05, 4.69) is 5.32 Å². The lowest BCUT2D eigenvalue weighted by Crippen LogP contribution is -2.51. The van der Waals surface area contributed by atoms with E-state index in [1.807, 2.05) is 0 Å². The number of carbonyl (C=O) groups excluding carboxylic acids is 1. The first-order chi connectivity index (χ1) is 13.0. The number of aryl methyl sites for hydroxylation is 1. The van der Waals surface area contributed by atoms with Crippen LogP contribution in [0.4, 0.5) is 4.39 Å². The molecule has 5 nitrogen and oxygen atoms in total. The summed E-state index contributed by atoms with van der Waals surface area (Å²) in [6.45, 7) is 2.72. The van der Waals surface area contributed by atoms with E-state index < -0.39 is 0 Å². The summed E-state index contributed by atoms with van der Waals surface area (Å²) < 4.78 is 24.7. The van der Waals surface area contributed by atoms with Crippen LogP contribution in [-0.4, -0.2) is 36.4 Å². The lowest BCUT2D eigenvalue weighted by atomic mass is 10.0. The van der Waals surface area contributed by atoms with Crippen molar-refractivity contribution in [3.8, 4) is 5.75 Å². The van der Waals surface area contributed by atoms with Crippen LogP contribution < -0.4 is 10.1 Å². The van der Waals surface area contributed by atoms with E-state index >= 15 is 0 Å². The van der Waals surface area contributed by atoms with Gasteiger partial charge in [-0.2, -0.15) is 0 Å². The van der Waals surface area contributed by atoms with Crippen LogP contribution in [0.25, 0.3) is 0 Å². The van der Waals surface area contributed by atoms with Gasteiger partial charge in [0, 0.05) is 6.61 Å². The summed E-state index contributed by atoms with van der Waals surface area (Å²) in [5.74, 6) is 0.235. The van der Waals surface area contributed by atoms with Gasteiger partial charge in [-0.3, -0.25) is 4.79 Å². The van der Waals surface area contributed by atoms with Crippen molar-refractivity contribution in [2.75, 3.05) is 13.2 Å². The number of hydrogen-bond donors (Lipinski definition) is 2. The van der Waals surface area contributed by atoms with E-state index in [0.717, 1.165) is 16.7 Å². The third kappa shape index (κ3) is 5.28. The lowest BCUT2D eigenvalue weighted by molar-refractivity contribution is -0.123. The minimum absolute atomic E-state index is 0.0195. The Bertz CT molecular complexity index is 778. The number of nitrogens with one attached hydrogen (secondary N) is 1. The fourth-order valence-electron chi connectivity index (χ4n) is 3.13. The van der Waals surface area contributed by atoms with Gasteiger partial charge in [-0.25, -0.2) is 4.39 Å². The Morgan fingerprint density at radius 1 is 1.30 bits per heavy atom. The largest absolute Gasteiger partial charge is 0.486 e. The van der Waals surface area contributed by atoms with Crippen LogP contribution in [0, 0.1) is 12.7 Å². The standard InChI is InChI=1S/C21H24FNO4/c1-14-10-17(22)5-4-16(14)11-21(25)23-19-8-9-26-13-20(19)27-18-6-2-15(12-24)3-7-18/h2-7,10,19-20,24H,8-9,11-13H2,1H3,(H,23,25). The molecule has 0 aliphatic carbocycles. The highest BCUT2D eigenvalue weighted by molar-refractivity contribution is 5.79. The zero-order valence-electron chi connectivity index (χ0n) is 15.3. The fourth-order valence-corrected chi connectivity index (χ4v) is 3.13. The third-order valence-electron chi connectivity index (χ3n) is 4.70. The second-order valence-corrected chi connectivity index (χ2v) is 6.74. The zero-order chi connectivity index (χ0) is 19.2. The van der Waals surface area contributed by atoms with Gasteiger partial charge in [0.05, 0.1) is 25.7 Å². The van der Waals surface area contributed by atoms with E-state index in [9.17, 15) is 9.18 Å². The second-order valence-electron chi connectivity index (χ2n) is 6.74. The average molecular weight is 373 g/mol. The number of aliphatic hydroxyl groups excluding tert-OH is 1. The first-order valence-electron chi connectivity index (χ1n) is 9.04. The number of ether oxygens (including phenoxy) is 2. The summed E-state index contributed by atoms with van der Waals surface area (Å²) in [6, 6.07) is 11.5. The molecule has 1 heterocycles. The highest BCUT2D eigenvalue weighted by atomic mass is 19.1. The van der Waals surface area contributed by atoms with E-state index in [0.29, 0.717) is 25.4 Å². The summed E-state index contributed by atoms with van der Waals surface area (Å²) in [7, 11) is 0. The molecule has 2 aromatic carbocycles. The zero-order valence-corrected chi connectivity index (χ0v) is 15.3. The number of hydrogen-bond acceptors (Lipinski definition) is 4. The molecular formula is C21H24FNO4. The van der Waals surface area contributed by atoms with Crippen molar-refractivity contribution in [2.45, 2.75) is 38.5 Å². The average Bonchev–Trinajstić information content (AvgIpc) is 2.66. The molecule has 2 unspecified atom stereocenters. The SMILES string of the molecule is Cc1cc(F)ccc1CC(=O)NC1CCOCC1Oc1ccc(CO)cc1. The molecule has 6 heteroatoms. The van der Waals surface area contributed by atoms with E-state index in [-0.39, 0.29) is 36.9 Å². The quantitative estimate of drug-likeness (QED) is 0.817. The Kier molecular flexibility index (Phi) is 6.42. The molecular weight excluding hydrogens is 349 g/mol. The Morgan fingerprint density at radius 2 is 2.07 bits per heavy atom. The van der Waals surface area contributed by atoms with Crippen LogP contribution >= 0.6 is 0 Å². The van der Waals surface area contributed by atoms with E-state index in [1.54, 1.807) is 37.3 Å². The summed E-state index contributed by atoms with van der Waals surface area (Å²) in [6.07, 6.45) is 0.562. The molecule has 144 valence electrons. The number of benzene rings is 2. The number of aliphatic hydroxyl groups is 1. The van der Waals surface area contributed by atoms with Crippen molar-refractivity contribution in [3.63, 3.8) is 0 Å². The van der Waals surface area contributed by atoms with Gasteiger partial charge in [0.1, 0.15) is 17.7 Å². The fraction of sp³-hybridized carbons (Fsp3) is 0.381. The molecule has 3 rings (SSSR count). The molecule has 1 amide bonds. The first-order valence-corrected chi connectivity index (χ1v) is 9.04. The van der Waals surface area contributed by atoms with Crippen molar-refractivity contribution in [2.24, 2.45) is 0 Å². The topological polar surface area (TPSA) is 67.8 Å². The Hall–Kier alpha value is -2.44. The summed E-state index contributed by atoms with van der Waals surface area (Å²) in [5.41, 5.74) is 2.37. The predicted molar refractivity (Wildman–Crippen MR) is 99.0 cm³/mol. The van der Waals surface area contributed by atoms with Gasteiger partial charge in [0.15, 0.2) is 0 Å². The molecule has 0 aromatic heterocycles. The van der Waals surface area contributed by atoms with Gasteiger partial charge in [-0.05, 0) is 54.3 Å². The molecule has 1 saturated heterocycles. The van der Waals surface area contributed by atoms with Gasteiger partial charge in [0.25, 0.3) is 0 Å². The molecule has 2 aromatic rings. The number of rotatable bonds is 6. The molecule has 0 saturated carbocycles. The van der Waals surface area contributed by atoms with Crippen LogP contribution in [-0.2, 0) is 22.6 Å². The van der Waals surface area contributed by atoms with Crippen LogP contribution in [0.5, 0.6) is 5.75 Å². The normalized spacial score (nSPS) is 19.5. The summed E-state index contributed by atoms with van der Waals surface area (Å²) in [4.78, 5) is 12.5. The number of carbonyl (C=O) groups is 1. The maximum Gasteiger partial charge on any atom is 0.224 e. The van der Waals surface area contributed by atoms with E-state index in [1.165, 1.54) is 12.1 Å². The summed E-state index contributed by atoms with van der Waals surface area (Å²) in [5, 5.41) is 12.1. The molecule has 0 bridgehead atoms. The number of amides is 1. The molecule has 27 heavy (non-hydrogen) atoms. The lowest BCUT2D eigenvalue weighted by Gasteiger charge is -2.32. The first kappa shape index (κ1) is 19.3. The van der Waals surface area contributed by atoms with Crippen molar-refractivity contribution < 1.29 is 23.8 Å². The van der Waals surface area contributed by atoms with Crippen LogP contribution in [0.15, 0.2) is 42.5 Å². The molecule has 2 atom stereocenters. The van der Waals surface area contributed by atoms with Crippen molar-refractivity contribution in [1.82, 2.24) is 5.32 Å². The minimum atomic E-state index is -0.304. The Labute approximate surface area is 158 Å². The Morgan fingerprint density at radius 3 is 2.78 bits per heavy atom. The smallest absolute Gasteiger partial charge is 0.224 e. The molecule has 1 aliphatic rings. The molecule has 2 N–H and O–H groups in total. The van der Waals surface area contributed by atoms with Crippen molar-refractivity contribution in [1.29, 1.82) is 0 Å². The molecule has 0 spiro atoms. The maximum absolute atomic E-state index is 13.2. The third-order valence-corrected chi connectivity index (χ3v) is 4.70. The summed E-state index contributed by atoms with van der Waals surface area (Å²) >= 11 is 0.